The Kier molecular flexibility index (Phi) is 9.17. The predicted molar refractivity (Wildman–Crippen MR) is 118 cm³/mol. The fourth-order valence-electron chi connectivity index (χ4n) is 2.36. The van der Waals surface area contributed by atoms with E-state index in [1.54, 1.807) is 30.1 Å². The summed E-state index contributed by atoms with van der Waals surface area (Å²) in [7, 11) is 1.68. The summed E-state index contributed by atoms with van der Waals surface area (Å²) in [6.45, 7) is 9.57. The normalized spacial score (nSPS) is 11.9. The van der Waals surface area contributed by atoms with Crippen LogP contribution in [0, 0.1) is 12.7 Å². The lowest BCUT2D eigenvalue weighted by molar-refractivity contribution is 0.0268. The summed E-state index contributed by atoms with van der Waals surface area (Å²) in [6.07, 6.45) is 3.40. The average Bonchev–Trinajstić information content (AvgIpc) is 3.03. The molecule has 1 aromatic carbocycles. The molecule has 0 spiro atoms. The maximum atomic E-state index is 14.5. The van der Waals surface area contributed by atoms with E-state index in [1.165, 1.54) is 6.07 Å². The molecule has 0 unspecified atom stereocenters. The van der Waals surface area contributed by atoms with Gasteiger partial charge in [0.2, 0.25) is 0 Å². The summed E-state index contributed by atoms with van der Waals surface area (Å²) >= 11 is 0. The second kappa shape index (κ2) is 10.6. The summed E-state index contributed by atoms with van der Waals surface area (Å²) in [5.74, 6) is 1.12. The summed E-state index contributed by atoms with van der Waals surface area (Å²) in [4.78, 5) is 8.66. The van der Waals surface area contributed by atoms with Gasteiger partial charge in [-0.2, -0.15) is 0 Å². The zero-order valence-electron chi connectivity index (χ0n) is 16.5. The SMILES string of the molecule is CCNC(=NCc1ccc(-n2ccnc2C)c(F)c1)NCC(C)(C)OC.I. The number of rotatable bonds is 7. The third-order valence-corrected chi connectivity index (χ3v) is 4.10. The van der Waals surface area contributed by atoms with Crippen molar-refractivity contribution in [3.05, 3.63) is 47.8 Å². The first-order chi connectivity index (χ1) is 12.4. The number of ether oxygens (including phenoxy) is 1. The van der Waals surface area contributed by atoms with Crippen LogP contribution in [0.2, 0.25) is 0 Å². The fraction of sp³-hybridized carbons (Fsp3) is 0.474. The Morgan fingerprint density at radius 3 is 2.63 bits per heavy atom. The topological polar surface area (TPSA) is 63.5 Å². The molecule has 0 radical (unpaired) electrons. The Morgan fingerprint density at radius 2 is 2.07 bits per heavy atom. The van der Waals surface area contributed by atoms with E-state index in [4.69, 9.17) is 4.74 Å². The number of aryl methyl sites for hydroxylation is 1. The van der Waals surface area contributed by atoms with Gasteiger partial charge in [0.05, 0.1) is 17.8 Å². The molecule has 8 heteroatoms. The minimum Gasteiger partial charge on any atom is -0.377 e. The first-order valence-electron chi connectivity index (χ1n) is 8.72. The van der Waals surface area contributed by atoms with E-state index in [0.29, 0.717) is 24.7 Å². The van der Waals surface area contributed by atoms with Crippen LogP contribution in [0.25, 0.3) is 5.69 Å². The van der Waals surface area contributed by atoms with Crippen molar-refractivity contribution in [1.82, 2.24) is 20.2 Å². The van der Waals surface area contributed by atoms with Crippen molar-refractivity contribution in [3.63, 3.8) is 0 Å². The number of imidazole rings is 1. The quantitative estimate of drug-likeness (QED) is 0.356. The van der Waals surface area contributed by atoms with Crippen LogP contribution in [0.4, 0.5) is 4.39 Å². The highest BCUT2D eigenvalue weighted by molar-refractivity contribution is 14.0. The molecule has 0 bridgehead atoms. The van der Waals surface area contributed by atoms with E-state index in [0.717, 1.165) is 17.9 Å². The van der Waals surface area contributed by atoms with Crippen molar-refractivity contribution < 1.29 is 9.13 Å². The highest BCUT2D eigenvalue weighted by Gasteiger charge is 2.16. The first kappa shape index (κ1) is 23.4. The Hall–Kier alpha value is -1.68. The molecule has 6 nitrogen and oxygen atoms in total. The van der Waals surface area contributed by atoms with Crippen LogP contribution >= 0.6 is 24.0 Å². The predicted octanol–water partition coefficient (Wildman–Crippen LogP) is 3.42. The van der Waals surface area contributed by atoms with Crippen molar-refractivity contribution in [2.24, 2.45) is 4.99 Å². The second-order valence-electron chi connectivity index (χ2n) is 6.64. The van der Waals surface area contributed by atoms with E-state index in [1.807, 2.05) is 33.8 Å². The summed E-state index contributed by atoms with van der Waals surface area (Å²) < 4.78 is 21.6. The Labute approximate surface area is 177 Å². The molecule has 0 atom stereocenters. The maximum absolute atomic E-state index is 14.5. The fourth-order valence-corrected chi connectivity index (χ4v) is 2.36. The van der Waals surface area contributed by atoms with Crippen LogP contribution in [-0.4, -0.2) is 41.3 Å². The van der Waals surface area contributed by atoms with Gasteiger partial charge in [-0.25, -0.2) is 14.4 Å². The van der Waals surface area contributed by atoms with Gasteiger partial charge in [-0.3, -0.25) is 0 Å². The smallest absolute Gasteiger partial charge is 0.191 e. The largest absolute Gasteiger partial charge is 0.377 e. The number of benzene rings is 1. The first-order valence-corrected chi connectivity index (χ1v) is 8.72. The molecule has 0 aliphatic carbocycles. The molecule has 1 heterocycles. The number of nitrogens with zero attached hydrogens (tertiary/aromatic N) is 3. The number of hydrogen-bond acceptors (Lipinski definition) is 3. The second-order valence-corrected chi connectivity index (χ2v) is 6.64. The average molecular weight is 489 g/mol. The Balaban J connectivity index is 0.00000364. The maximum Gasteiger partial charge on any atom is 0.191 e. The standard InChI is InChI=1S/C19H28FN5O.HI/c1-6-21-18(24-13-19(3,4)26-5)23-12-15-7-8-17(16(20)11-15)25-10-9-22-14(25)2;/h7-11H,6,12-13H2,1-5H3,(H2,21,23,24);1H. The molecule has 0 fully saturated rings. The van der Waals surface area contributed by atoms with Gasteiger partial charge >= 0.3 is 0 Å². The van der Waals surface area contributed by atoms with Gasteiger partial charge < -0.3 is 19.9 Å². The monoisotopic (exact) mass is 489 g/mol. The number of nitrogens with one attached hydrogen (secondary N) is 2. The van der Waals surface area contributed by atoms with Crippen LogP contribution in [0.15, 0.2) is 35.6 Å². The van der Waals surface area contributed by atoms with E-state index in [2.05, 4.69) is 20.6 Å². The molecular formula is C19H29FIN5O. The minimum absolute atomic E-state index is 0. The zero-order valence-corrected chi connectivity index (χ0v) is 18.9. The Bertz CT molecular complexity index is 760. The number of methoxy groups -OCH3 is 1. The number of halogens is 2. The highest BCUT2D eigenvalue weighted by Crippen LogP contribution is 2.17. The van der Waals surface area contributed by atoms with Crippen LogP contribution < -0.4 is 10.6 Å². The molecule has 0 aliphatic rings. The van der Waals surface area contributed by atoms with Crippen molar-refractivity contribution in [3.8, 4) is 5.69 Å². The lowest BCUT2D eigenvalue weighted by Crippen LogP contribution is -2.45. The molecule has 0 amide bonds. The Morgan fingerprint density at radius 1 is 1.33 bits per heavy atom. The van der Waals surface area contributed by atoms with Crippen molar-refractivity contribution >= 4 is 29.9 Å². The van der Waals surface area contributed by atoms with E-state index in [9.17, 15) is 4.39 Å². The summed E-state index contributed by atoms with van der Waals surface area (Å²) in [6, 6.07) is 5.15. The van der Waals surface area contributed by atoms with Gasteiger partial charge in [-0.15, -0.1) is 24.0 Å². The van der Waals surface area contributed by atoms with Crippen LogP contribution in [0.3, 0.4) is 0 Å². The van der Waals surface area contributed by atoms with Crippen molar-refractivity contribution in [2.75, 3.05) is 20.2 Å². The van der Waals surface area contributed by atoms with Crippen LogP contribution in [-0.2, 0) is 11.3 Å². The molecule has 0 saturated carbocycles. The van der Waals surface area contributed by atoms with E-state index >= 15 is 0 Å². The molecular weight excluding hydrogens is 460 g/mol. The van der Waals surface area contributed by atoms with E-state index in [-0.39, 0.29) is 35.4 Å². The van der Waals surface area contributed by atoms with Crippen molar-refractivity contribution in [1.29, 1.82) is 0 Å². The molecule has 2 rings (SSSR count). The van der Waals surface area contributed by atoms with Gasteiger partial charge in [0.25, 0.3) is 0 Å². The van der Waals surface area contributed by atoms with Gasteiger partial charge in [0, 0.05) is 32.6 Å². The zero-order chi connectivity index (χ0) is 19.2. The number of hydrogen-bond donors (Lipinski definition) is 2. The number of aliphatic imine (C=N–C) groups is 1. The summed E-state index contributed by atoms with van der Waals surface area (Å²) in [5, 5.41) is 6.43. The molecule has 0 saturated heterocycles. The van der Waals surface area contributed by atoms with Gasteiger partial charge in [0.15, 0.2) is 5.96 Å². The molecule has 1 aromatic heterocycles. The molecule has 2 aromatic rings. The minimum atomic E-state index is -0.299. The van der Waals surface area contributed by atoms with Gasteiger partial charge in [0.1, 0.15) is 11.6 Å². The lowest BCUT2D eigenvalue weighted by Gasteiger charge is -2.24. The number of aromatic nitrogens is 2. The van der Waals surface area contributed by atoms with E-state index < -0.39 is 0 Å². The van der Waals surface area contributed by atoms with Crippen molar-refractivity contribution in [2.45, 2.75) is 39.8 Å². The van der Waals surface area contributed by atoms with Gasteiger partial charge in [-0.05, 0) is 45.4 Å². The third kappa shape index (κ3) is 6.76. The molecule has 27 heavy (non-hydrogen) atoms. The lowest BCUT2D eigenvalue weighted by atomic mass is 10.1. The van der Waals surface area contributed by atoms with Crippen LogP contribution in [0.1, 0.15) is 32.2 Å². The molecule has 2 N–H and O–H groups in total. The van der Waals surface area contributed by atoms with Crippen LogP contribution in [0.5, 0.6) is 0 Å². The highest BCUT2D eigenvalue weighted by atomic mass is 127. The molecule has 150 valence electrons. The third-order valence-electron chi connectivity index (χ3n) is 4.10. The summed E-state index contributed by atoms with van der Waals surface area (Å²) in [5.41, 5.74) is 0.985. The molecule has 0 aliphatic heterocycles. The number of guanidine groups is 1. The van der Waals surface area contributed by atoms with Gasteiger partial charge in [-0.1, -0.05) is 6.07 Å².